The van der Waals surface area contributed by atoms with Gasteiger partial charge in [0.15, 0.2) is 5.82 Å². The second-order valence-electron chi connectivity index (χ2n) is 14.8. The van der Waals surface area contributed by atoms with Crippen LogP contribution in [0.4, 0.5) is 5.82 Å². The number of carbonyl (C=O) groups is 1. The van der Waals surface area contributed by atoms with Crippen molar-refractivity contribution < 1.29 is 4.79 Å². The fourth-order valence-electron chi connectivity index (χ4n) is 9.20. The van der Waals surface area contributed by atoms with E-state index in [1.165, 1.54) is 17.3 Å². The summed E-state index contributed by atoms with van der Waals surface area (Å²) < 4.78 is 4.13. The molecule has 7 rings (SSSR count). The van der Waals surface area contributed by atoms with Crippen molar-refractivity contribution in [3.8, 4) is 0 Å². The van der Waals surface area contributed by atoms with Crippen LogP contribution >= 0.6 is 11.6 Å². The van der Waals surface area contributed by atoms with Crippen molar-refractivity contribution in [2.45, 2.75) is 88.8 Å². The first-order chi connectivity index (χ1) is 21.0. The standard InChI is InChI=1S/C32H49ClN10O/c1-7-26(44)41-18-32(19-41)12-23(13-32)43-21(4)27(28-24-14-34-36-25(24)11-20(3)29(28)33)30(37-43)42-10-9-40(17-31(42,5)8-2)16-22-15-39(6)38-35-22/h7,15,20,23-25,28-29,34,36H,1,8-14,16-19H2,2-6H3/t20?,24?,25?,28?,29?,31-/m0/s1. The number of rotatable bonds is 7. The molecule has 2 aliphatic carbocycles. The third kappa shape index (κ3) is 4.89. The number of hydrogen-bond donors (Lipinski definition) is 2. The predicted octanol–water partition coefficient (Wildman–Crippen LogP) is 2.98. The Morgan fingerprint density at radius 1 is 1.25 bits per heavy atom. The maximum atomic E-state index is 12.1. The first-order valence-corrected chi connectivity index (χ1v) is 17.0. The average Bonchev–Trinajstić information content (AvgIpc) is 3.67. The molecule has 5 aliphatic rings. The number of hydrogen-bond acceptors (Lipinski definition) is 8. The third-order valence-corrected chi connectivity index (χ3v) is 12.5. The zero-order valence-corrected chi connectivity index (χ0v) is 27.7. The lowest BCUT2D eigenvalue weighted by Gasteiger charge is -2.58. The Hall–Kier alpha value is -2.47. The van der Waals surface area contributed by atoms with E-state index in [0.717, 1.165) is 83.0 Å². The van der Waals surface area contributed by atoms with Crippen molar-refractivity contribution in [2.24, 2.45) is 24.3 Å². The summed E-state index contributed by atoms with van der Waals surface area (Å²) in [6.45, 7) is 19.1. The van der Waals surface area contributed by atoms with Crippen LogP contribution in [-0.4, -0.2) is 96.7 Å². The van der Waals surface area contributed by atoms with Crippen LogP contribution in [0, 0.1) is 24.2 Å². The third-order valence-electron chi connectivity index (χ3n) is 11.8. The van der Waals surface area contributed by atoms with Gasteiger partial charge in [-0.15, -0.1) is 16.7 Å². The largest absolute Gasteiger partial charge is 0.347 e. The Kier molecular flexibility index (Phi) is 7.62. The van der Waals surface area contributed by atoms with Gasteiger partial charge in [-0.2, -0.15) is 5.10 Å². The molecule has 12 heteroatoms. The molecule has 0 bridgehead atoms. The molecule has 2 aromatic rings. The van der Waals surface area contributed by atoms with Crippen molar-refractivity contribution in [3.63, 3.8) is 0 Å². The van der Waals surface area contributed by atoms with Gasteiger partial charge in [-0.1, -0.05) is 25.6 Å². The number of carbonyl (C=O) groups excluding carboxylic acids is 1. The highest BCUT2D eigenvalue weighted by atomic mass is 35.5. The summed E-state index contributed by atoms with van der Waals surface area (Å²) in [6, 6.07) is 0.761. The Bertz CT molecular complexity index is 1410. The molecule has 2 N–H and O–H groups in total. The molecule has 1 amide bonds. The molecular formula is C32H49ClN10O. The van der Waals surface area contributed by atoms with E-state index >= 15 is 0 Å². The number of piperazine rings is 1. The molecule has 0 radical (unpaired) electrons. The first-order valence-electron chi connectivity index (χ1n) is 16.5. The Balaban J connectivity index is 1.22. The van der Waals surface area contributed by atoms with Gasteiger partial charge >= 0.3 is 0 Å². The van der Waals surface area contributed by atoms with Gasteiger partial charge in [0.25, 0.3) is 0 Å². The monoisotopic (exact) mass is 624 g/mol. The molecule has 5 fully saturated rings. The summed E-state index contributed by atoms with van der Waals surface area (Å²) in [6.07, 6.45) is 7.67. The summed E-state index contributed by atoms with van der Waals surface area (Å²) in [5, 5.41) is 14.1. The molecule has 2 saturated carbocycles. The zero-order valence-electron chi connectivity index (χ0n) is 27.0. The van der Waals surface area contributed by atoms with E-state index < -0.39 is 0 Å². The van der Waals surface area contributed by atoms with Gasteiger partial charge in [0.1, 0.15) is 0 Å². The Morgan fingerprint density at radius 3 is 2.70 bits per heavy atom. The number of alkyl halides is 1. The number of nitrogens with zero attached hydrogens (tertiary/aromatic N) is 8. The number of amides is 1. The number of anilines is 1. The van der Waals surface area contributed by atoms with Crippen LogP contribution in [0.1, 0.15) is 75.4 Å². The summed E-state index contributed by atoms with van der Waals surface area (Å²) >= 11 is 7.43. The minimum Gasteiger partial charge on any atom is -0.347 e. The molecule has 3 aliphatic heterocycles. The van der Waals surface area contributed by atoms with Gasteiger partial charge in [-0.25, -0.2) is 0 Å². The molecular weight excluding hydrogens is 576 g/mol. The number of aryl methyl sites for hydroxylation is 1. The van der Waals surface area contributed by atoms with E-state index in [4.69, 9.17) is 16.7 Å². The fourth-order valence-corrected chi connectivity index (χ4v) is 9.61. The molecule has 5 heterocycles. The smallest absolute Gasteiger partial charge is 0.245 e. The van der Waals surface area contributed by atoms with Crippen molar-refractivity contribution in [3.05, 3.63) is 35.8 Å². The molecule has 3 saturated heterocycles. The lowest BCUT2D eigenvalue weighted by molar-refractivity contribution is -0.149. The van der Waals surface area contributed by atoms with Gasteiger partial charge in [0.2, 0.25) is 5.91 Å². The van der Waals surface area contributed by atoms with Crippen molar-refractivity contribution in [2.75, 3.05) is 44.2 Å². The minimum atomic E-state index is -0.0884. The van der Waals surface area contributed by atoms with E-state index in [1.807, 2.05) is 18.1 Å². The fraction of sp³-hybridized carbons (Fsp3) is 0.750. The molecule has 44 heavy (non-hydrogen) atoms. The van der Waals surface area contributed by atoms with E-state index in [0.29, 0.717) is 23.9 Å². The van der Waals surface area contributed by atoms with Crippen LogP contribution in [0.25, 0.3) is 0 Å². The second kappa shape index (κ2) is 11.1. The lowest BCUT2D eigenvalue weighted by atomic mass is 9.60. The number of likely N-dealkylation sites (tertiary alicyclic amines) is 1. The number of aromatic nitrogens is 5. The highest BCUT2D eigenvalue weighted by Gasteiger charge is 2.55. The Labute approximate surface area is 266 Å². The highest BCUT2D eigenvalue weighted by molar-refractivity contribution is 6.21. The zero-order chi connectivity index (χ0) is 31.0. The number of halogens is 1. The van der Waals surface area contributed by atoms with Crippen molar-refractivity contribution >= 4 is 23.3 Å². The second-order valence-corrected chi connectivity index (χ2v) is 15.3. The quantitative estimate of drug-likeness (QED) is 0.358. The van der Waals surface area contributed by atoms with Crippen LogP contribution < -0.4 is 15.8 Å². The lowest BCUT2D eigenvalue weighted by Crippen LogP contribution is -2.63. The minimum absolute atomic E-state index is 0.0455. The topological polar surface area (TPSA) is 99.4 Å². The molecule has 0 aromatic carbocycles. The molecule has 1 spiro atoms. The van der Waals surface area contributed by atoms with Gasteiger partial charge in [-0.05, 0) is 57.4 Å². The maximum absolute atomic E-state index is 12.1. The van der Waals surface area contributed by atoms with E-state index in [-0.39, 0.29) is 28.2 Å². The van der Waals surface area contributed by atoms with Crippen LogP contribution in [0.3, 0.4) is 0 Å². The molecule has 240 valence electrons. The number of fused-ring (bicyclic) bond motifs is 1. The van der Waals surface area contributed by atoms with E-state index in [1.54, 1.807) is 4.68 Å². The van der Waals surface area contributed by atoms with E-state index in [9.17, 15) is 4.79 Å². The summed E-state index contributed by atoms with van der Waals surface area (Å²) in [5.74, 6) is 2.23. The normalized spacial score (nSPS) is 33.7. The summed E-state index contributed by atoms with van der Waals surface area (Å²) in [5.41, 5.74) is 10.8. The predicted molar refractivity (Wildman–Crippen MR) is 171 cm³/mol. The molecule has 6 atom stereocenters. The van der Waals surface area contributed by atoms with Crippen LogP contribution in [0.15, 0.2) is 18.9 Å². The van der Waals surface area contributed by atoms with Crippen LogP contribution in [0.5, 0.6) is 0 Å². The summed E-state index contributed by atoms with van der Waals surface area (Å²) in [4.78, 5) is 19.2. The highest BCUT2D eigenvalue weighted by Crippen LogP contribution is 2.56. The molecule has 11 nitrogen and oxygen atoms in total. The van der Waals surface area contributed by atoms with Gasteiger partial charge in [0.05, 0.1) is 17.3 Å². The summed E-state index contributed by atoms with van der Waals surface area (Å²) in [7, 11) is 1.92. The molecule has 5 unspecified atom stereocenters. The number of hydrazine groups is 1. The first kappa shape index (κ1) is 30.2. The Morgan fingerprint density at radius 2 is 2.02 bits per heavy atom. The van der Waals surface area contributed by atoms with Crippen LogP contribution in [0.2, 0.25) is 0 Å². The molecule has 2 aromatic heterocycles. The van der Waals surface area contributed by atoms with Crippen LogP contribution in [-0.2, 0) is 18.4 Å². The average molecular weight is 625 g/mol. The van der Waals surface area contributed by atoms with Gasteiger partial charge in [0, 0.05) is 93.1 Å². The van der Waals surface area contributed by atoms with Gasteiger partial charge < -0.3 is 9.80 Å². The maximum Gasteiger partial charge on any atom is 0.245 e. The van der Waals surface area contributed by atoms with Crippen molar-refractivity contribution in [1.29, 1.82) is 0 Å². The van der Waals surface area contributed by atoms with Gasteiger partial charge in [-0.3, -0.25) is 29.9 Å². The SMILES string of the molecule is C=CC(=O)N1CC2(CC(n3nc(N4CCN(Cc5cn(C)nn5)C[C@]4(C)CC)c(C4C(Cl)C(C)CC5NNCC54)c3C)C2)C1. The van der Waals surface area contributed by atoms with Crippen molar-refractivity contribution in [1.82, 2.24) is 45.4 Å². The van der Waals surface area contributed by atoms with E-state index in [2.05, 4.69) is 69.9 Å². The number of nitrogens with one attached hydrogen (secondary N) is 2.